The third kappa shape index (κ3) is 2.40. The molecule has 1 unspecified atom stereocenters. The summed E-state index contributed by atoms with van der Waals surface area (Å²) in [4.78, 5) is 0. The zero-order valence-electron chi connectivity index (χ0n) is 11.4. The number of benzene rings is 1. The SMILES string of the molecule is CCC1(C(N)c2cc(C)cc(C)c2)CCCC1. The average molecular weight is 231 g/mol. The number of nitrogens with two attached hydrogens (primary N) is 1. The molecule has 1 heteroatoms. The first-order valence-electron chi connectivity index (χ1n) is 6.91. The van der Waals surface area contributed by atoms with Crippen molar-refractivity contribution in [3.8, 4) is 0 Å². The molecule has 0 bridgehead atoms. The lowest BCUT2D eigenvalue weighted by Crippen LogP contribution is -2.31. The Morgan fingerprint density at radius 3 is 2.12 bits per heavy atom. The van der Waals surface area contributed by atoms with Crippen LogP contribution in [0.15, 0.2) is 18.2 Å². The van der Waals surface area contributed by atoms with E-state index in [0.29, 0.717) is 5.41 Å². The summed E-state index contributed by atoms with van der Waals surface area (Å²) in [6, 6.07) is 6.98. The van der Waals surface area contributed by atoms with Crippen molar-refractivity contribution in [3.63, 3.8) is 0 Å². The molecular weight excluding hydrogens is 206 g/mol. The first kappa shape index (κ1) is 12.6. The monoisotopic (exact) mass is 231 g/mol. The predicted molar refractivity (Wildman–Crippen MR) is 74.0 cm³/mol. The van der Waals surface area contributed by atoms with Gasteiger partial charge in [0, 0.05) is 6.04 Å². The third-order valence-corrected chi connectivity index (χ3v) is 4.57. The van der Waals surface area contributed by atoms with Gasteiger partial charge in [-0.25, -0.2) is 0 Å². The largest absolute Gasteiger partial charge is 0.323 e. The first-order chi connectivity index (χ1) is 8.07. The molecule has 2 rings (SSSR count). The van der Waals surface area contributed by atoms with E-state index >= 15 is 0 Å². The Hall–Kier alpha value is -0.820. The van der Waals surface area contributed by atoms with Gasteiger partial charge in [-0.1, -0.05) is 49.1 Å². The van der Waals surface area contributed by atoms with Gasteiger partial charge in [0.25, 0.3) is 0 Å². The van der Waals surface area contributed by atoms with E-state index < -0.39 is 0 Å². The van der Waals surface area contributed by atoms with Gasteiger partial charge in [0.15, 0.2) is 0 Å². The highest BCUT2D eigenvalue weighted by molar-refractivity contribution is 5.31. The molecule has 0 amide bonds. The minimum Gasteiger partial charge on any atom is -0.323 e. The van der Waals surface area contributed by atoms with Crippen LogP contribution in [0.3, 0.4) is 0 Å². The zero-order valence-corrected chi connectivity index (χ0v) is 11.4. The van der Waals surface area contributed by atoms with Crippen molar-refractivity contribution in [1.82, 2.24) is 0 Å². The standard InChI is InChI=1S/C16H25N/c1-4-16(7-5-6-8-16)15(17)14-10-12(2)9-13(3)11-14/h9-11,15H,4-8,17H2,1-3H3. The molecule has 0 aliphatic heterocycles. The molecule has 1 fully saturated rings. The molecule has 0 aromatic heterocycles. The van der Waals surface area contributed by atoms with E-state index in [-0.39, 0.29) is 6.04 Å². The van der Waals surface area contributed by atoms with Gasteiger partial charge in [-0.05, 0) is 44.1 Å². The lowest BCUT2D eigenvalue weighted by atomic mass is 9.73. The minimum atomic E-state index is 0.216. The summed E-state index contributed by atoms with van der Waals surface area (Å²) in [6.45, 7) is 6.63. The van der Waals surface area contributed by atoms with Gasteiger partial charge >= 0.3 is 0 Å². The van der Waals surface area contributed by atoms with Crippen molar-refractivity contribution in [3.05, 3.63) is 34.9 Å². The summed E-state index contributed by atoms with van der Waals surface area (Å²) in [5, 5.41) is 0. The Labute approximate surface area is 105 Å². The summed E-state index contributed by atoms with van der Waals surface area (Å²) in [5.41, 5.74) is 11.0. The number of rotatable bonds is 3. The van der Waals surface area contributed by atoms with Crippen molar-refractivity contribution in [2.75, 3.05) is 0 Å². The topological polar surface area (TPSA) is 26.0 Å². The molecule has 1 aliphatic rings. The summed E-state index contributed by atoms with van der Waals surface area (Å²) >= 11 is 0. The highest BCUT2D eigenvalue weighted by Crippen LogP contribution is 2.48. The second kappa shape index (κ2) is 4.81. The molecule has 1 aliphatic carbocycles. The molecule has 1 aromatic carbocycles. The van der Waals surface area contributed by atoms with Crippen LogP contribution in [0.4, 0.5) is 0 Å². The Balaban J connectivity index is 2.32. The second-order valence-electron chi connectivity index (χ2n) is 5.82. The van der Waals surface area contributed by atoms with E-state index in [1.54, 1.807) is 0 Å². The second-order valence-corrected chi connectivity index (χ2v) is 5.82. The van der Waals surface area contributed by atoms with Crippen LogP contribution < -0.4 is 5.73 Å². The van der Waals surface area contributed by atoms with E-state index in [0.717, 1.165) is 0 Å². The molecule has 0 spiro atoms. The molecule has 94 valence electrons. The van der Waals surface area contributed by atoms with Gasteiger partial charge in [-0.15, -0.1) is 0 Å². The smallest absolute Gasteiger partial charge is 0.0352 e. The number of aryl methyl sites for hydroxylation is 2. The number of hydrogen-bond donors (Lipinski definition) is 1. The molecule has 2 N–H and O–H groups in total. The van der Waals surface area contributed by atoms with Gasteiger partial charge in [0.2, 0.25) is 0 Å². The van der Waals surface area contributed by atoms with E-state index in [9.17, 15) is 0 Å². The third-order valence-electron chi connectivity index (χ3n) is 4.57. The van der Waals surface area contributed by atoms with Crippen LogP contribution in [0, 0.1) is 19.3 Å². The normalized spacial score (nSPS) is 20.5. The summed E-state index contributed by atoms with van der Waals surface area (Å²) in [7, 11) is 0. The molecular formula is C16H25N. The summed E-state index contributed by atoms with van der Waals surface area (Å²) < 4.78 is 0. The van der Waals surface area contributed by atoms with Crippen molar-refractivity contribution < 1.29 is 0 Å². The average Bonchev–Trinajstić information content (AvgIpc) is 2.76. The van der Waals surface area contributed by atoms with Crippen LogP contribution in [0.1, 0.15) is 61.8 Å². The van der Waals surface area contributed by atoms with Crippen LogP contribution in [-0.4, -0.2) is 0 Å². The predicted octanol–water partition coefficient (Wildman–Crippen LogP) is 4.27. The lowest BCUT2D eigenvalue weighted by Gasteiger charge is -2.35. The fourth-order valence-corrected chi connectivity index (χ4v) is 3.51. The summed E-state index contributed by atoms with van der Waals surface area (Å²) in [5.74, 6) is 0. The van der Waals surface area contributed by atoms with Crippen LogP contribution in [0.25, 0.3) is 0 Å². The van der Waals surface area contributed by atoms with Gasteiger partial charge in [-0.3, -0.25) is 0 Å². The maximum absolute atomic E-state index is 6.58. The van der Waals surface area contributed by atoms with Gasteiger partial charge < -0.3 is 5.73 Å². The fourth-order valence-electron chi connectivity index (χ4n) is 3.51. The van der Waals surface area contributed by atoms with Crippen LogP contribution in [-0.2, 0) is 0 Å². The molecule has 0 radical (unpaired) electrons. The number of hydrogen-bond acceptors (Lipinski definition) is 1. The molecule has 1 nitrogen and oxygen atoms in total. The van der Waals surface area contributed by atoms with Gasteiger partial charge in [0.05, 0.1) is 0 Å². The molecule has 1 saturated carbocycles. The molecule has 0 saturated heterocycles. The zero-order chi connectivity index (χ0) is 12.5. The minimum absolute atomic E-state index is 0.216. The van der Waals surface area contributed by atoms with Crippen molar-refractivity contribution in [1.29, 1.82) is 0 Å². The summed E-state index contributed by atoms with van der Waals surface area (Å²) in [6.07, 6.45) is 6.52. The van der Waals surface area contributed by atoms with Gasteiger partial charge in [0.1, 0.15) is 0 Å². The highest BCUT2D eigenvalue weighted by atomic mass is 14.7. The van der Waals surface area contributed by atoms with Crippen LogP contribution in [0.5, 0.6) is 0 Å². The fraction of sp³-hybridized carbons (Fsp3) is 0.625. The quantitative estimate of drug-likeness (QED) is 0.826. The van der Waals surface area contributed by atoms with Crippen molar-refractivity contribution >= 4 is 0 Å². The van der Waals surface area contributed by atoms with E-state index in [1.807, 2.05) is 0 Å². The van der Waals surface area contributed by atoms with E-state index in [1.165, 1.54) is 48.8 Å². The highest BCUT2D eigenvalue weighted by Gasteiger charge is 2.38. The van der Waals surface area contributed by atoms with E-state index in [2.05, 4.69) is 39.0 Å². The van der Waals surface area contributed by atoms with Gasteiger partial charge in [-0.2, -0.15) is 0 Å². The first-order valence-corrected chi connectivity index (χ1v) is 6.91. The Morgan fingerprint density at radius 2 is 1.65 bits per heavy atom. The maximum atomic E-state index is 6.58. The molecule has 1 aromatic rings. The van der Waals surface area contributed by atoms with Crippen molar-refractivity contribution in [2.45, 2.75) is 58.9 Å². The van der Waals surface area contributed by atoms with Crippen LogP contribution in [0.2, 0.25) is 0 Å². The van der Waals surface area contributed by atoms with Crippen LogP contribution >= 0.6 is 0 Å². The lowest BCUT2D eigenvalue weighted by molar-refractivity contribution is 0.222. The van der Waals surface area contributed by atoms with Crippen molar-refractivity contribution in [2.24, 2.45) is 11.1 Å². The molecule has 17 heavy (non-hydrogen) atoms. The Kier molecular flexibility index (Phi) is 3.58. The van der Waals surface area contributed by atoms with E-state index in [4.69, 9.17) is 5.73 Å². The molecule has 1 atom stereocenters. The Morgan fingerprint density at radius 1 is 1.12 bits per heavy atom. The molecule has 0 heterocycles. The maximum Gasteiger partial charge on any atom is 0.0352 e. The Bertz CT molecular complexity index is 368.